The van der Waals surface area contributed by atoms with Crippen LogP contribution in [0.3, 0.4) is 0 Å². The molecule has 0 aromatic carbocycles. The summed E-state index contributed by atoms with van der Waals surface area (Å²) in [4.78, 5) is 13.3. The van der Waals surface area contributed by atoms with Crippen molar-refractivity contribution in [2.75, 3.05) is 26.2 Å². The number of likely N-dealkylation sites (tertiary alicyclic amines) is 1. The number of carbonyl (C=O) groups is 1. The topological polar surface area (TPSA) is 41.6 Å². The average molecular weight is 184 g/mol. The minimum absolute atomic E-state index is 0.107. The normalized spacial score (nSPS) is 27.9. The fourth-order valence-electron chi connectivity index (χ4n) is 2.03. The molecule has 2 heterocycles. The second-order valence-corrected chi connectivity index (χ2v) is 3.76. The molecule has 2 aliphatic rings. The van der Waals surface area contributed by atoms with Crippen LogP contribution in [0.5, 0.6) is 0 Å². The molecule has 4 heteroatoms. The highest BCUT2D eigenvalue weighted by molar-refractivity contribution is 5.74. The highest BCUT2D eigenvalue weighted by Crippen LogP contribution is 2.26. The molecular weight excluding hydrogens is 168 g/mol. The summed E-state index contributed by atoms with van der Waals surface area (Å²) in [7, 11) is 0. The van der Waals surface area contributed by atoms with E-state index < -0.39 is 0 Å². The summed E-state index contributed by atoms with van der Waals surface area (Å²) in [5, 5.41) is 3.17. The van der Waals surface area contributed by atoms with E-state index in [1.54, 1.807) is 0 Å². The van der Waals surface area contributed by atoms with Gasteiger partial charge in [-0.05, 0) is 6.54 Å². The van der Waals surface area contributed by atoms with E-state index in [4.69, 9.17) is 4.74 Å². The molecule has 1 N–H and O–H groups in total. The first-order chi connectivity index (χ1) is 6.24. The number of nitrogens with zero attached hydrogens (tertiary/aromatic N) is 1. The molecule has 0 atom stereocenters. The maximum absolute atomic E-state index is 11.0. The van der Waals surface area contributed by atoms with Gasteiger partial charge in [0.15, 0.2) is 5.72 Å². The van der Waals surface area contributed by atoms with Gasteiger partial charge in [0.1, 0.15) is 0 Å². The maximum atomic E-state index is 11.0. The molecule has 2 saturated heterocycles. The minimum Gasteiger partial charge on any atom is -0.443 e. The molecule has 0 saturated carbocycles. The first-order valence-electron chi connectivity index (χ1n) is 4.93. The number of hydrogen-bond donors (Lipinski definition) is 1. The van der Waals surface area contributed by atoms with Crippen molar-refractivity contribution >= 4 is 5.97 Å². The lowest BCUT2D eigenvalue weighted by Gasteiger charge is -2.37. The minimum atomic E-state index is -0.317. The molecule has 0 radical (unpaired) electrons. The first kappa shape index (κ1) is 8.97. The van der Waals surface area contributed by atoms with Crippen LogP contribution in [-0.4, -0.2) is 42.8 Å². The Bertz CT molecular complexity index is 210. The molecule has 74 valence electrons. The van der Waals surface area contributed by atoms with Crippen molar-refractivity contribution in [3.8, 4) is 0 Å². The Hall–Kier alpha value is -0.610. The molecule has 0 aromatic heterocycles. The van der Waals surface area contributed by atoms with Crippen LogP contribution in [0.4, 0.5) is 0 Å². The van der Waals surface area contributed by atoms with Gasteiger partial charge in [0.25, 0.3) is 0 Å². The third-order valence-corrected chi connectivity index (χ3v) is 2.98. The van der Waals surface area contributed by atoms with Gasteiger partial charge in [-0.3, -0.25) is 10.1 Å². The summed E-state index contributed by atoms with van der Waals surface area (Å²) >= 11 is 0. The SMILES string of the molecule is CCN1CCC2(CC1)NCC(=O)O2. The zero-order chi connectivity index (χ0) is 9.31. The van der Waals surface area contributed by atoms with E-state index in [9.17, 15) is 4.79 Å². The van der Waals surface area contributed by atoms with Crippen LogP contribution in [0, 0.1) is 0 Å². The predicted molar refractivity (Wildman–Crippen MR) is 48.2 cm³/mol. The van der Waals surface area contributed by atoms with Crippen LogP contribution in [0.25, 0.3) is 0 Å². The molecule has 0 aromatic rings. The molecule has 0 unspecified atom stereocenters. The Morgan fingerprint density at radius 1 is 1.54 bits per heavy atom. The lowest BCUT2D eigenvalue weighted by molar-refractivity contribution is -0.152. The molecule has 1 spiro atoms. The van der Waals surface area contributed by atoms with Crippen LogP contribution in [-0.2, 0) is 9.53 Å². The summed E-state index contributed by atoms with van der Waals surface area (Å²) < 4.78 is 5.31. The van der Waals surface area contributed by atoms with Gasteiger partial charge in [-0.25, -0.2) is 0 Å². The van der Waals surface area contributed by atoms with Crippen molar-refractivity contribution in [3.05, 3.63) is 0 Å². The molecule has 0 bridgehead atoms. The number of rotatable bonds is 1. The standard InChI is InChI=1S/C9H16N2O2/c1-2-11-5-3-9(4-6-11)10-7-8(12)13-9/h10H,2-7H2,1H3. The van der Waals surface area contributed by atoms with E-state index in [0.717, 1.165) is 32.5 Å². The van der Waals surface area contributed by atoms with Gasteiger partial charge >= 0.3 is 5.97 Å². The molecular formula is C9H16N2O2. The van der Waals surface area contributed by atoms with Crippen molar-refractivity contribution in [2.24, 2.45) is 0 Å². The van der Waals surface area contributed by atoms with E-state index in [2.05, 4.69) is 17.1 Å². The summed E-state index contributed by atoms with van der Waals surface area (Å²) in [6.07, 6.45) is 1.85. The lowest BCUT2D eigenvalue weighted by atomic mass is 10.0. The van der Waals surface area contributed by atoms with Crippen molar-refractivity contribution in [1.29, 1.82) is 0 Å². The predicted octanol–water partition coefficient (Wildman–Crippen LogP) is -0.0552. The Labute approximate surface area is 78.2 Å². The van der Waals surface area contributed by atoms with E-state index in [1.807, 2.05) is 0 Å². The van der Waals surface area contributed by atoms with Gasteiger partial charge in [-0.15, -0.1) is 0 Å². The second-order valence-electron chi connectivity index (χ2n) is 3.76. The smallest absolute Gasteiger partial charge is 0.321 e. The fraction of sp³-hybridized carbons (Fsp3) is 0.889. The number of hydrogen-bond acceptors (Lipinski definition) is 4. The number of esters is 1. The van der Waals surface area contributed by atoms with Gasteiger partial charge in [0.2, 0.25) is 0 Å². The van der Waals surface area contributed by atoms with Crippen molar-refractivity contribution in [2.45, 2.75) is 25.5 Å². The number of piperidine rings is 1. The van der Waals surface area contributed by atoms with Gasteiger partial charge in [0, 0.05) is 25.9 Å². The zero-order valence-corrected chi connectivity index (χ0v) is 8.01. The van der Waals surface area contributed by atoms with E-state index in [1.165, 1.54) is 0 Å². The van der Waals surface area contributed by atoms with Crippen molar-refractivity contribution in [3.63, 3.8) is 0 Å². The summed E-state index contributed by atoms with van der Waals surface area (Å²) in [5.74, 6) is -0.107. The van der Waals surface area contributed by atoms with Crippen LogP contribution in [0.1, 0.15) is 19.8 Å². The Kier molecular flexibility index (Phi) is 2.26. The zero-order valence-electron chi connectivity index (χ0n) is 8.01. The number of nitrogens with one attached hydrogen (secondary N) is 1. The van der Waals surface area contributed by atoms with Crippen LogP contribution >= 0.6 is 0 Å². The average Bonchev–Trinajstić information content (AvgIpc) is 2.49. The number of ether oxygens (including phenoxy) is 1. The van der Waals surface area contributed by atoms with Crippen LogP contribution < -0.4 is 5.32 Å². The molecule has 13 heavy (non-hydrogen) atoms. The van der Waals surface area contributed by atoms with Crippen LogP contribution in [0.15, 0.2) is 0 Å². The third-order valence-electron chi connectivity index (χ3n) is 2.98. The quantitative estimate of drug-likeness (QED) is 0.580. The van der Waals surface area contributed by atoms with Gasteiger partial charge < -0.3 is 9.64 Å². The first-order valence-corrected chi connectivity index (χ1v) is 4.93. The fourth-order valence-corrected chi connectivity index (χ4v) is 2.03. The molecule has 2 fully saturated rings. The maximum Gasteiger partial charge on any atom is 0.321 e. The summed E-state index contributed by atoms with van der Waals surface area (Å²) in [5.41, 5.74) is -0.317. The third kappa shape index (κ3) is 1.69. The molecule has 0 amide bonds. The summed E-state index contributed by atoms with van der Waals surface area (Å²) in [6.45, 7) is 5.68. The molecule has 2 aliphatic heterocycles. The highest BCUT2D eigenvalue weighted by Gasteiger charge is 2.41. The van der Waals surface area contributed by atoms with E-state index >= 15 is 0 Å². The van der Waals surface area contributed by atoms with E-state index in [0.29, 0.717) is 6.54 Å². The monoisotopic (exact) mass is 184 g/mol. The largest absolute Gasteiger partial charge is 0.443 e. The Balaban J connectivity index is 1.93. The lowest BCUT2D eigenvalue weighted by Crippen LogP contribution is -2.50. The second kappa shape index (κ2) is 3.27. The van der Waals surface area contributed by atoms with Crippen molar-refractivity contribution in [1.82, 2.24) is 10.2 Å². The van der Waals surface area contributed by atoms with Crippen LogP contribution in [0.2, 0.25) is 0 Å². The summed E-state index contributed by atoms with van der Waals surface area (Å²) in [6, 6.07) is 0. The number of carbonyl (C=O) groups excluding carboxylic acids is 1. The van der Waals surface area contributed by atoms with Crippen molar-refractivity contribution < 1.29 is 9.53 Å². The molecule has 4 nitrogen and oxygen atoms in total. The Morgan fingerprint density at radius 2 is 2.23 bits per heavy atom. The molecule has 2 rings (SSSR count). The van der Waals surface area contributed by atoms with Gasteiger partial charge in [-0.2, -0.15) is 0 Å². The van der Waals surface area contributed by atoms with E-state index in [-0.39, 0.29) is 11.7 Å². The highest BCUT2D eigenvalue weighted by atomic mass is 16.6. The molecule has 0 aliphatic carbocycles. The van der Waals surface area contributed by atoms with Gasteiger partial charge in [0.05, 0.1) is 6.54 Å². The van der Waals surface area contributed by atoms with Gasteiger partial charge in [-0.1, -0.05) is 6.92 Å². The Morgan fingerprint density at radius 3 is 2.69 bits per heavy atom.